The number of benzene rings is 1. The number of rotatable bonds is 0. The van der Waals surface area contributed by atoms with E-state index in [0.717, 1.165) is 32.8 Å². The fourth-order valence-electron chi connectivity index (χ4n) is 2.69. The van der Waals surface area contributed by atoms with Gasteiger partial charge in [0.1, 0.15) is 16.7 Å². The predicted molar refractivity (Wildman–Crippen MR) is 80.3 cm³/mol. The first-order chi connectivity index (χ1) is 9.65. The average Bonchev–Trinajstić information content (AvgIpc) is 2.90. The molecular weight excluding hydrogens is 270 g/mol. The Labute approximate surface area is 121 Å². The summed E-state index contributed by atoms with van der Waals surface area (Å²) in [4.78, 5) is 0. The zero-order valence-electron chi connectivity index (χ0n) is 11.3. The van der Waals surface area contributed by atoms with Crippen molar-refractivity contribution in [2.24, 2.45) is 0 Å². The second-order valence-corrected chi connectivity index (χ2v) is 5.54. The summed E-state index contributed by atoms with van der Waals surface area (Å²) < 4.78 is 4.16. The first-order valence-corrected chi connectivity index (χ1v) is 6.91. The van der Waals surface area contributed by atoms with Gasteiger partial charge in [0.25, 0.3) is 11.0 Å². The molecule has 0 N–H and O–H groups in total. The molecule has 0 atom stereocenters. The molecule has 0 saturated heterocycles. The first kappa shape index (κ1) is 11.7. The van der Waals surface area contributed by atoms with E-state index in [0.29, 0.717) is 0 Å². The largest absolute Gasteiger partial charge is 0.305 e. The standard InChI is InChI=1S/C16H13ClN3/c1-10-8-16-13-4-3-7-19(13)15-9-12(17)5-6-14(15)20(16)18-11(10)2/h3-9H,1-2H3/q+1. The maximum absolute atomic E-state index is 6.15. The lowest BCUT2D eigenvalue weighted by Crippen LogP contribution is -2.30. The first-order valence-electron chi connectivity index (χ1n) is 6.54. The van der Waals surface area contributed by atoms with Crippen molar-refractivity contribution in [1.82, 2.24) is 9.50 Å². The fraction of sp³-hybridized carbons (Fsp3) is 0.125. The van der Waals surface area contributed by atoms with E-state index < -0.39 is 0 Å². The van der Waals surface area contributed by atoms with E-state index in [1.54, 1.807) is 0 Å². The van der Waals surface area contributed by atoms with Crippen LogP contribution in [0.25, 0.3) is 22.1 Å². The Hall–Kier alpha value is -2.13. The molecule has 4 aromatic rings. The molecule has 0 aliphatic rings. The summed E-state index contributed by atoms with van der Waals surface area (Å²) in [5.74, 6) is 0. The number of aryl methyl sites for hydroxylation is 2. The number of halogens is 1. The number of hydrogen-bond donors (Lipinski definition) is 0. The van der Waals surface area contributed by atoms with Crippen molar-refractivity contribution in [3.05, 3.63) is 58.9 Å². The van der Waals surface area contributed by atoms with E-state index in [4.69, 9.17) is 16.7 Å². The molecule has 98 valence electrons. The van der Waals surface area contributed by atoms with Gasteiger partial charge < -0.3 is 4.40 Å². The summed E-state index contributed by atoms with van der Waals surface area (Å²) in [5, 5.41) is 5.46. The lowest BCUT2D eigenvalue weighted by Gasteiger charge is -2.04. The van der Waals surface area contributed by atoms with E-state index >= 15 is 0 Å². The minimum absolute atomic E-state index is 0.733. The van der Waals surface area contributed by atoms with Crippen LogP contribution in [0, 0.1) is 13.8 Å². The molecule has 0 amide bonds. The molecule has 0 unspecified atom stereocenters. The molecule has 3 aromatic heterocycles. The zero-order valence-corrected chi connectivity index (χ0v) is 12.0. The second-order valence-electron chi connectivity index (χ2n) is 5.11. The Morgan fingerprint density at radius 2 is 1.90 bits per heavy atom. The summed E-state index contributed by atoms with van der Waals surface area (Å²) in [6.07, 6.45) is 2.06. The molecule has 0 spiro atoms. The molecule has 3 heterocycles. The highest BCUT2D eigenvalue weighted by Crippen LogP contribution is 2.22. The van der Waals surface area contributed by atoms with Crippen molar-refractivity contribution < 1.29 is 4.52 Å². The lowest BCUT2D eigenvalue weighted by molar-refractivity contribution is -0.553. The van der Waals surface area contributed by atoms with Gasteiger partial charge >= 0.3 is 0 Å². The van der Waals surface area contributed by atoms with Gasteiger partial charge in [-0.15, -0.1) is 0 Å². The zero-order chi connectivity index (χ0) is 13.9. The topological polar surface area (TPSA) is 21.4 Å². The molecule has 0 fully saturated rings. The van der Waals surface area contributed by atoms with Gasteiger partial charge in [-0.1, -0.05) is 11.6 Å². The third-order valence-corrected chi connectivity index (χ3v) is 4.07. The van der Waals surface area contributed by atoms with E-state index in [-0.39, 0.29) is 0 Å². The van der Waals surface area contributed by atoms with Crippen molar-refractivity contribution in [2.45, 2.75) is 13.8 Å². The molecule has 20 heavy (non-hydrogen) atoms. The van der Waals surface area contributed by atoms with Gasteiger partial charge in [-0.25, -0.2) is 0 Å². The summed E-state index contributed by atoms with van der Waals surface area (Å²) >= 11 is 6.15. The summed E-state index contributed by atoms with van der Waals surface area (Å²) in [6, 6.07) is 12.2. The van der Waals surface area contributed by atoms with Crippen molar-refractivity contribution in [2.75, 3.05) is 0 Å². The van der Waals surface area contributed by atoms with Crippen molar-refractivity contribution in [3.63, 3.8) is 0 Å². The third kappa shape index (κ3) is 1.47. The molecule has 0 aliphatic carbocycles. The van der Waals surface area contributed by atoms with Crippen LogP contribution in [0.2, 0.25) is 5.02 Å². The van der Waals surface area contributed by atoms with Gasteiger partial charge in [0.2, 0.25) is 0 Å². The van der Waals surface area contributed by atoms with Crippen LogP contribution in [0.4, 0.5) is 0 Å². The highest BCUT2D eigenvalue weighted by molar-refractivity contribution is 6.31. The molecule has 0 aliphatic heterocycles. The average molecular weight is 283 g/mol. The normalized spacial score (nSPS) is 11.8. The molecule has 4 heteroatoms. The van der Waals surface area contributed by atoms with Crippen LogP contribution in [0.3, 0.4) is 0 Å². The van der Waals surface area contributed by atoms with Crippen molar-refractivity contribution >= 4 is 33.7 Å². The smallest absolute Gasteiger partial charge is 0.262 e. The Morgan fingerprint density at radius 3 is 2.75 bits per heavy atom. The number of hydrogen-bond acceptors (Lipinski definition) is 1. The third-order valence-electron chi connectivity index (χ3n) is 3.84. The molecule has 0 radical (unpaired) electrons. The monoisotopic (exact) mass is 282 g/mol. The molecular formula is C16H13ClN3+. The van der Waals surface area contributed by atoms with Crippen LogP contribution in [0.15, 0.2) is 42.6 Å². The Morgan fingerprint density at radius 1 is 1.05 bits per heavy atom. The number of fused-ring (bicyclic) bond motifs is 6. The fourth-order valence-corrected chi connectivity index (χ4v) is 2.85. The van der Waals surface area contributed by atoms with E-state index in [1.807, 2.05) is 35.7 Å². The molecule has 0 saturated carbocycles. The van der Waals surface area contributed by atoms with Gasteiger partial charge in [0.15, 0.2) is 0 Å². The maximum Gasteiger partial charge on any atom is 0.262 e. The van der Waals surface area contributed by atoms with Crippen LogP contribution in [0.1, 0.15) is 11.3 Å². The number of nitrogens with zero attached hydrogens (tertiary/aromatic N) is 3. The van der Waals surface area contributed by atoms with Crippen LogP contribution >= 0.6 is 11.6 Å². The van der Waals surface area contributed by atoms with E-state index in [9.17, 15) is 0 Å². The second kappa shape index (κ2) is 3.93. The van der Waals surface area contributed by atoms with Gasteiger partial charge in [-0.2, -0.15) is 0 Å². The minimum Gasteiger partial charge on any atom is -0.305 e. The van der Waals surface area contributed by atoms with E-state index in [2.05, 4.69) is 29.7 Å². The van der Waals surface area contributed by atoms with Gasteiger partial charge in [-0.05, 0) is 48.2 Å². The maximum atomic E-state index is 6.15. The molecule has 3 nitrogen and oxygen atoms in total. The Bertz CT molecular complexity index is 985. The predicted octanol–water partition coefficient (Wildman–Crippen LogP) is 3.50. The van der Waals surface area contributed by atoms with Gasteiger partial charge in [0.05, 0.1) is 0 Å². The molecule has 4 rings (SSSR count). The lowest BCUT2D eigenvalue weighted by atomic mass is 10.2. The molecule has 0 bridgehead atoms. The van der Waals surface area contributed by atoms with Crippen LogP contribution < -0.4 is 4.52 Å². The minimum atomic E-state index is 0.733. The van der Waals surface area contributed by atoms with Crippen molar-refractivity contribution in [3.8, 4) is 0 Å². The summed E-state index contributed by atoms with van der Waals surface area (Å²) in [5.41, 5.74) is 6.58. The highest BCUT2D eigenvalue weighted by atomic mass is 35.5. The molecule has 1 aromatic carbocycles. The van der Waals surface area contributed by atoms with Crippen molar-refractivity contribution in [1.29, 1.82) is 0 Å². The highest BCUT2D eigenvalue weighted by Gasteiger charge is 2.18. The summed E-state index contributed by atoms with van der Waals surface area (Å²) in [6.45, 7) is 4.12. The van der Waals surface area contributed by atoms with Gasteiger partial charge in [0, 0.05) is 28.5 Å². The summed E-state index contributed by atoms with van der Waals surface area (Å²) in [7, 11) is 0. The Balaban J connectivity index is 2.39. The van der Waals surface area contributed by atoms with Crippen LogP contribution in [-0.4, -0.2) is 9.50 Å². The quantitative estimate of drug-likeness (QED) is 0.357. The number of aromatic nitrogens is 3. The van der Waals surface area contributed by atoms with Crippen LogP contribution in [0.5, 0.6) is 0 Å². The van der Waals surface area contributed by atoms with Gasteiger partial charge in [-0.3, -0.25) is 0 Å². The van der Waals surface area contributed by atoms with Crippen LogP contribution in [-0.2, 0) is 0 Å². The Kier molecular flexibility index (Phi) is 2.30. The SMILES string of the molecule is Cc1cc2c3cccn3c3cc(Cl)ccc3[n+]2nc1C. The van der Waals surface area contributed by atoms with E-state index in [1.165, 1.54) is 5.56 Å².